The molecule has 1 aromatic carbocycles. The zero-order valence-electron chi connectivity index (χ0n) is 12.3. The fourth-order valence-electron chi connectivity index (χ4n) is 2.10. The summed E-state index contributed by atoms with van der Waals surface area (Å²) in [5.41, 5.74) is 0.933. The highest BCUT2D eigenvalue weighted by molar-refractivity contribution is 5.95. The molecule has 1 aliphatic heterocycles. The maximum Gasteiger partial charge on any atom is 0.321 e. The highest BCUT2D eigenvalue weighted by Crippen LogP contribution is 2.27. The van der Waals surface area contributed by atoms with E-state index in [4.69, 9.17) is 9.47 Å². The molecule has 7 heteroatoms. The SMILES string of the molecule is CCNC(=O)NC(=O)COC(=O)C1COc2ccccc2C1. The van der Waals surface area contributed by atoms with Gasteiger partial charge in [0.2, 0.25) is 0 Å². The van der Waals surface area contributed by atoms with Crippen molar-refractivity contribution in [3.05, 3.63) is 29.8 Å². The Labute approximate surface area is 128 Å². The summed E-state index contributed by atoms with van der Waals surface area (Å²) >= 11 is 0. The summed E-state index contributed by atoms with van der Waals surface area (Å²) in [5, 5.41) is 4.46. The highest BCUT2D eigenvalue weighted by atomic mass is 16.5. The number of hydrogen-bond donors (Lipinski definition) is 2. The Morgan fingerprint density at radius 3 is 2.86 bits per heavy atom. The maximum absolute atomic E-state index is 11.9. The molecule has 1 atom stereocenters. The van der Waals surface area contributed by atoms with E-state index in [1.54, 1.807) is 6.92 Å². The van der Waals surface area contributed by atoms with Crippen LogP contribution in [0.5, 0.6) is 5.75 Å². The molecule has 7 nitrogen and oxygen atoms in total. The molecule has 0 fully saturated rings. The second-order valence-electron chi connectivity index (χ2n) is 4.84. The topological polar surface area (TPSA) is 93.7 Å². The van der Waals surface area contributed by atoms with Gasteiger partial charge in [-0.15, -0.1) is 0 Å². The predicted molar refractivity (Wildman–Crippen MR) is 77.3 cm³/mol. The molecule has 1 aromatic rings. The Morgan fingerprint density at radius 2 is 2.09 bits per heavy atom. The molecule has 2 rings (SSSR count). The number of esters is 1. The lowest BCUT2D eigenvalue weighted by Gasteiger charge is -2.23. The van der Waals surface area contributed by atoms with Crippen LogP contribution in [0.4, 0.5) is 4.79 Å². The first-order valence-corrected chi connectivity index (χ1v) is 7.05. The van der Waals surface area contributed by atoms with Crippen LogP contribution >= 0.6 is 0 Å². The van der Waals surface area contributed by atoms with Crippen molar-refractivity contribution < 1.29 is 23.9 Å². The summed E-state index contributed by atoms with van der Waals surface area (Å²) in [7, 11) is 0. The number of hydrogen-bond acceptors (Lipinski definition) is 5. The van der Waals surface area contributed by atoms with Crippen LogP contribution in [0.1, 0.15) is 12.5 Å². The minimum Gasteiger partial charge on any atom is -0.492 e. The third-order valence-corrected chi connectivity index (χ3v) is 3.15. The number of carbonyl (C=O) groups excluding carboxylic acids is 3. The number of benzene rings is 1. The third kappa shape index (κ3) is 4.21. The van der Waals surface area contributed by atoms with Crippen LogP contribution < -0.4 is 15.4 Å². The van der Waals surface area contributed by atoms with E-state index in [0.717, 1.165) is 11.3 Å². The van der Waals surface area contributed by atoms with Gasteiger partial charge in [-0.1, -0.05) is 18.2 Å². The lowest BCUT2D eigenvalue weighted by molar-refractivity contribution is -0.153. The average Bonchev–Trinajstić information content (AvgIpc) is 2.52. The van der Waals surface area contributed by atoms with Crippen molar-refractivity contribution in [1.29, 1.82) is 0 Å². The second-order valence-corrected chi connectivity index (χ2v) is 4.84. The minimum atomic E-state index is -0.670. The van der Waals surface area contributed by atoms with Gasteiger partial charge in [0.15, 0.2) is 6.61 Å². The van der Waals surface area contributed by atoms with Gasteiger partial charge in [0.25, 0.3) is 5.91 Å². The Morgan fingerprint density at radius 1 is 1.32 bits per heavy atom. The van der Waals surface area contributed by atoms with E-state index >= 15 is 0 Å². The van der Waals surface area contributed by atoms with Crippen LogP contribution in [-0.4, -0.2) is 37.7 Å². The van der Waals surface area contributed by atoms with Gasteiger partial charge in [0, 0.05) is 6.54 Å². The smallest absolute Gasteiger partial charge is 0.321 e. The molecular formula is C15H18N2O5. The van der Waals surface area contributed by atoms with E-state index in [9.17, 15) is 14.4 Å². The number of rotatable bonds is 4. The van der Waals surface area contributed by atoms with Crippen molar-refractivity contribution in [3.63, 3.8) is 0 Å². The summed E-state index contributed by atoms with van der Waals surface area (Å²) in [6.45, 7) is 1.85. The first kappa shape index (κ1) is 15.8. The molecule has 1 heterocycles. The first-order chi connectivity index (χ1) is 10.6. The van der Waals surface area contributed by atoms with Gasteiger partial charge in [-0.3, -0.25) is 14.9 Å². The molecule has 1 aliphatic rings. The summed E-state index contributed by atoms with van der Waals surface area (Å²) in [5.74, 6) is -0.871. The monoisotopic (exact) mass is 306 g/mol. The molecule has 0 bridgehead atoms. The molecule has 22 heavy (non-hydrogen) atoms. The maximum atomic E-state index is 11.9. The van der Waals surface area contributed by atoms with Crippen LogP contribution in [0.2, 0.25) is 0 Å². The Bertz CT molecular complexity index is 573. The first-order valence-electron chi connectivity index (χ1n) is 7.05. The molecule has 0 aliphatic carbocycles. The average molecular weight is 306 g/mol. The summed E-state index contributed by atoms with van der Waals surface area (Å²) < 4.78 is 10.4. The minimum absolute atomic E-state index is 0.216. The number of nitrogens with one attached hydrogen (secondary N) is 2. The lowest BCUT2D eigenvalue weighted by atomic mass is 9.97. The Balaban J connectivity index is 1.79. The van der Waals surface area contributed by atoms with Crippen molar-refractivity contribution >= 4 is 17.9 Å². The zero-order chi connectivity index (χ0) is 15.9. The number of carbonyl (C=O) groups is 3. The normalized spacial score (nSPS) is 16.0. The largest absolute Gasteiger partial charge is 0.492 e. The molecule has 3 amide bonds. The van der Waals surface area contributed by atoms with Crippen LogP contribution in [0, 0.1) is 5.92 Å². The number of para-hydroxylation sites is 1. The highest BCUT2D eigenvalue weighted by Gasteiger charge is 2.27. The van der Waals surface area contributed by atoms with E-state index in [0.29, 0.717) is 13.0 Å². The van der Waals surface area contributed by atoms with Gasteiger partial charge in [-0.05, 0) is 25.0 Å². The van der Waals surface area contributed by atoms with E-state index in [1.165, 1.54) is 0 Å². The Kier molecular flexibility index (Phi) is 5.35. The predicted octanol–water partition coefficient (Wildman–Crippen LogP) is 0.627. The number of fused-ring (bicyclic) bond motifs is 1. The van der Waals surface area contributed by atoms with Crippen molar-refractivity contribution in [3.8, 4) is 5.75 Å². The van der Waals surface area contributed by atoms with Crippen LogP contribution in [-0.2, 0) is 20.7 Å². The van der Waals surface area contributed by atoms with Gasteiger partial charge in [0.1, 0.15) is 12.4 Å². The fourth-order valence-corrected chi connectivity index (χ4v) is 2.10. The number of ether oxygens (including phenoxy) is 2. The van der Waals surface area contributed by atoms with E-state index < -0.39 is 30.4 Å². The molecule has 0 saturated carbocycles. The molecule has 0 radical (unpaired) electrons. The molecule has 1 unspecified atom stereocenters. The number of amides is 3. The molecule has 2 N–H and O–H groups in total. The third-order valence-electron chi connectivity index (χ3n) is 3.15. The standard InChI is InChI=1S/C15H18N2O5/c1-2-16-15(20)17-13(18)9-22-14(19)11-7-10-5-3-4-6-12(10)21-8-11/h3-6,11H,2,7-9H2,1H3,(H2,16,17,18,20). The molecule has 0 spiro atoms. The molecule has 0 aromatic heterocycles. The summed E-state index contributed by atoms with van der Waals surface area (Å²) in [4.78, 5) is 34.5. The molecule has 118 valence electrons. The van der Waals surface area contributed by atoms with E-state index in [-0.39, 0.29) is 6.61 Å². The van der Waals surface area contributed by atoms with Gasteiger partial charge in [-0.25, -0.2) is 4.79 Å². The van der Waals surface area contributed by atoms with Gasteiger partial charge >= 0.3 is 12.0 Å². The van der Waals surface area contributed by atoms with E-state index in [2.05, 4.69) is 10.6 Å². The molecular weight excluding hydrogens is 288 g/mol. The zero-order valence-corrected chi connectivity index (χ0v) is 12.3. The van der Waals surface area contributed by atoms with Gasteiger partial charge in [-0.2, -0.15) is 0 Å². The number of urea groups is 1. The van der Waals surface area contributed by atoms with E-state index in [1.807, 2.05) is 24.3 Å². The van der Waals surface area contributed by atoms with Crippen molar-refractivity contribution in [2.24, 2.45) is 5.92 Å². The summed E-state index contributed by atoms with van der Waals surface area (Å²) in [6, 6.07) is 6.85. The lowest BCUT2D eigenvalue weighted by Crippen LogP contribution is -2.42. The van der Waals surface area contributed by atoms with Crippen molar-refractivity contribution in [2.45, 2.75) is 13.3 Å². The van der Waals surface area contributed by atoms with Crippen molar-refractivity contribution in [2.75, 3.05) is 19.8 Å². The fraction of sp³-hybridized carbons (Fsp3) is 0.400. The quantitative estimate of drug-likeness (QED) is 0.796. The van der Waals surface area contributed by atoms with Gasteiger partial charge < -0.3 is 14.8 Å². The van der Waals surface area contributed by atoms with Crippen molar-refractivity contribution in [1.82, 2.24) is 10.6 Å². The second kappa shape index (κ2) is 7.44. The Hall–Kier alpha value is -2.57. The van der Waals surface area contributed by atoms with Crippen LogP contribution in [0.3, 0.4) is 0 Å². The van der Waals surface area contributed by atoms with Gasteiger partial charge in [0.05, 0.1) is 5.92 Å². The molecule has 0 saturated heterocycles. The van der Waals surface area contributed by atoms with Crippen LogP contribution in [0.15, 0.2) is 24.3 Å². The summed E-state index contributed by atoms with van der Waals surface area (Å²) in [6.07, 6.45) is 0.507. The van der Waals surface area contributed by atoms with Crippen LogP contribution in [0.25, 0.3) is 0 Å². The number of imide groups is 1.